The number of ether oxygens (including phenoxy) is 1. The summed E-state index contributed by atoms with van der Waals surface area (Å²) in [5.41, 5.74) is 1.38. The van der Waals surface area contributed by atoms with Crippen LogP contribution in [0.3, 0.4) is 0 Å². The first kappa shape index (κ1) is 25.3. The molecule has 1 aliphatic rings. The summed E-state index contributed by atoms with van der Waals surface area (Å²) >= 11 is 12.1. The van der Waals surface area contributed by atoms with Crippen molar-refractivity contribution in [1.82, 2.24) is 15.5 Å². The second-order valence-corrected chi connectivity index (χ2v) is 9.44. The molecular formula is C25H31Cl2N3O3. The molecule has 1 fully saturated rings. The number of nitrogens with zero attached hydrogens (tertiary/aromatic N) is 1. The van der Waals surface area contributed by atoms with Gasteiger partial charge in [0.05, 0.1) is 23.7 Å². The largest absolute Gasteiger partial charge is 0.497 e. The molecule has 2 N–H and O–H groups in total. The van der Waals surface area contributed by atoms with Gasteiger partial charge in [0, 0.05) is 11.6 Å². The third kappa shape index (κ3) is 6.62. The first-order valence-corrected chi connectivity index (χ1v) is 12.0. The van der Waals surface area contributed by atoms with Gasteiger partial charge in [-0.25, -0.2) is 0 Å². The maximum absolute atomic E-state index is 13.1. The summed E-state index contributed by atoms with van der Waals surface area (Å²) in [6.45, 7) is 6.20. The highest BCUT2D eigenvalue weighted by Crippen LogP contribution is 2.27. The Morgan fingerprint density at radius 1 is 1.09 bits per heavy atom. The molecule has 1 aliphatic heterocycles. The minimum absolute atomic E-state index is 0.0285. The number of halogens is 2. The van der Waals surface area contributed by atoms with Gasteiger partial charge in [-0.05, 0) is 67.7 Å². The van der Waals surface area contributed by atoms with Gasteiger partial charge in [-0.3, -0.25) is 14.5 Å². The third-order valence-corrected chi connectivity index (χ3v) is 6.49. The molecule has 2 amide bonds. The van der Waals surface area contributed by atoms with E-state index < -0.39 is 11.9 Å². The third-order valence-electron chi connectivity index (χ3n) is 5.94. The Bertz CT molecular complexity index is 977. The molecule has 2 aromatic rings. The summed E-state index contributed by atoms with van der Waals surface area (Å²) in [6.07, 6.45) is 2.28. The Kier molecular flexibility index (Phi) is 9.01. The molecule has 2 atom stereocenters. The van der Waals surface area contributed by atoms with Crippen molar-refractivity contribution < 1.29 is 14.3 Å². The lowest BCUT2D eigenvalue weighted by Crippen LogP contribution is -2.51. The molecular weight excluding hydrogens is 461 g/mol. The van der Waals surface area contributed by atoms with Crippen LogP contribution in [0.25, 0.3) is 0 Å². The zero-order chi connectivity index (χ0) is 24.0. The average molecular weight is 492 g/mol. The van der Waals surface area contributed by atoms with E-state index in [9.17, 15) is 9.59 Å². The fourth-order valence-electron chi connectivity index (χ4n) is 4.09. The summed E-state index contributed by atoms with van der Waals surface area (Å²) in [5, 5.41) is 6.59. The molecule has 3 rings (SSSR count). The SMILES string of the molecule is COc1cccc([C@H](CNC(=O)[C@H](NC(=O)c2ccc(Cl)cc2Cl)C(C)C)N2CCCC2)c1. The lowest BCUT2D eigenvalue weighted by Gasteiger charge is -2.30. The lowest BCUT2D eigenvalue weighted by atomic mass is 10.0. The van der Waals surface area contributed by atoms with E-state index in [1.54, 1.807) is 19.2 Å². The van der Waals surface area contributed by atoms with Crippen molar-refractivity contribution in [1.29, 1.82) is 0 Å². The summed E-state index contributed by atoms with van der Waals surface area (Å²) in [4.78, 5) is 28.3. The van der Waals surface area contributed by atoms with E-state index in [0.717, 1.165) is 37.2 Å². The maximum atomic E-state index is 13.1. The van der Waals surface area contributed by atoms with Gasteiger partial charge in [-0.1, -0.05) is 49.2 Å². The molecule has 33 heavy (non-hydrogen) atoms. The second kappa shape index (κ2) is 11.7. The van der Waals surface area contributed by atoms with Crippen LogP contribution in [0.4, 0.5) is 0 Å². The van der Waals surface area contributed by atoms with Gasteiger partial charge in [-0.2, -0.15) is 0 Å². The molecule has 0 spiro atoms. The Balaban J connectivity index is 1.71. The zero-order valence-electron chi connectivity index (χ0n) is 19.2. The van der Waals surface area contributed by atoms with E-state index in [2.05, 4.69) is 21.6 Å². The van der Waals surface area contributed by atoms with Gasteiger partial charge >= 0.3 is 0 Å². The van der Waals surface area contributed by atoms with E-state index in [0.29, 0.717) is 11.6 Å². The average Bonchev–Trinajstić information content (AvgIpc) is 3.31. The highest BCUT2D eigenvalue weighted by atomic mass is 35.5. The number of benzene rings is 2. The monoisotopic (exact) mass is 491 g/mol. The molecule has 2 aromatic carbocycles. The van der Waals surface area contributed by atoms with Gasteiger partial charge in [0.1, 0.15) is 11.8 Å². The topological polar surface area (TPSA) is 70.7 Å². The van der Waals surface area contributed by atoms with Gasteiger partial charge < -0.3 is 15.4 Å². The molecule has 0 aromatic heterocycles. The molecule has 0 aliphatic carbocycles. The molecule has 178 valence electrons. The summed E-state index contributed by atoms with van der Waals surface area (Å²) < 4.78 is 5.39. The Morgan fingerprint density at radius 2 is 1.82 bits per heavy atom. The second-order valence-electron chi connectivity index (χ2n) is 8.60. The van der Waals surface area contributed by atoms with Crippen LogP contribution in [0.1, 0.15) is 48.7 Å². The summed E-state index contributed by atoms with van der Waals surface area (Å²) in [7, 11) is 1.65. The van der Waals surface area contributed by atoms with Crippen LogP contribution in [0.2, 0.25) is 10.0 Å². The van der Waals surface area contributed by atoms with E-state index in [-0.39, 0.29) is 28.5 Å². The predicted molar refractivity (Wildman–Crippen MR) is 132 cm³/mol. The van der Waals surface area contributed by atoms with E-state index in [1.807, 2.05) is 32.0 Å². The minimum Gasteiger partial charge on any atom is -0.497 e. The highest BCUT2D eigenvalue weighted by molar-refractivity contribution is 6.36. The first-order chi connectivity index (χ1) is 15.8. The van der Waals surface area contributed by atoms with Crippen molar-refractivity contribution in [2.24, 2.45) is 5.92 Å². The van der Waals surface area contributed by atoms with E-state index in [4.69, 9.17) is 27.9 Å². The lowest BCUT2D eigenvalue weighted by molar-refractivity contribution is -0.124. The quantitative estimate of drug-likeness (QED) is 0.532. The predicted octanol–water partition coefficient (Wildman–Crippen LogP) is 4.71. The van der Waals surface area contributed by atoms with Crippen LogP contribution in [0.5, 0.6) is 5.75 Å². The number of methoxy groups -OCH3 is 1. The van der Waals surface area contributed by atoms with Crippen LogP contribution in [0.15, 0.2) is 42.5 Å². The van der Waals surface area contributed by atoms with Crippen molar-refractivity contribution >= 4 is 35.0 Å². The standard InChI is InChI=1S/C25H31Cl2N3O3/c1-16(2)23(29-24(31)20-10-9-18(26)14-21(20)27)25(32)28-15-22(30-11-4-5-12-30)17-7-6-8-19(13-17)33-3/h6-10,13-14,16,22-23H,4-5,11-12,15H2,1-3H3,(H,28,32)(H,29,31)/t22-,23+/m0/s1. The van der Waals surface area contributed by atoms with E-state index >= 15 is 0 Å². The number of nitrogens with one attached hydrogen (secondary N) is 2. The molecule has 1 saturated heterocycles. The number of likely N-dealkylation sites (tertiary alicyclic amines) is 1. The van der Waals surface area contributed by atoms with Crippen LogP contribution < -0.4 is 15.4 Å². The Labute approximate surface area is 205 Å². The number of rotatable bonds is 9. The van der Waals surface area contributed by atoms with Gasteiger partial charge in [0.25, 0.3) is 5.91 Å². The molecule has 6 nitrogen and oxygen atoms in total. The number of amides is 2. The van der Waals surface area contributed by atoms with Crippen LogP contribution >= 0.6 is 23.2 Å². The fraction of sp³-hybridized carbons (Fsp3) is 0.440. The smallest absolute Gasteiger partial charge is 0.253 e. The minimum atomic E-state index is -0.700. The Morgan fingerprint density at radius 3 is 2.45 bits per heavy atom. The van der Waals surface area contributed by atoms with Crippen LogP contribution in [0, 0.1) is 5.92 Å². The number of carbonyl (C=O) groups is 2. The summed E-state index contributed by atoms with van der Waals surface area (Å²) in [6, 6.07) is 11.9. The maximum Gasteiger partial charge on any atom is 0.253 e. The van der Waals surface area contributed by atoms with Crippen molar-refractivity contribution in [3.8, 4) is 5.75 Å². The number of hydrogen-bond acceptors (Lipinski definition) is 4. The first-order valence-electron chi connectivity index (χ1n) is 11.2. The van der Waals surface area contributed by atoms with Gasteiger partial charge in [-0.15, -0.1) is 0 Å². The van der Waals surface area contributed by atoms with E-state index in [1.165, 1.54) is 6.07 Å². The van der Waals surface area contributed by atoms with Gasteiger partial charge in [0.15, 0.2) is 0 Å². The highest BCUT2D eigenvalue weighted by Gasteiger charge is 2.28. The van der Waals surface area contributed by atoms with Crippen molar-refractivity contribution in [2.45, 2.75) is 38.8 Å². The fourth-order valence-corrected chi connectivity index (χ4v) is 4.59. The van der Waals surface area contributed by atoms with Gasteiger partial charge in [0.2, 0.25) is 5.91 Å². The van der Waals surface area contributed by atoms with Crippen molar-refractivity contribution in [3.05, 3.63) is 63.6 Å². The Hall–Kier alpha value is -2.28. The number of hydrogen-bond donors (Lipinski definition) is 2. The molecule has 0 saturated carbocycles. The molecule has 0 bridgehead atoms. The van der Waals surface area contributed by atoms with Crippen LogP contribution in [-0.2, 0) is 4.79 Å². The molecule has 0 radical (unpaired) electrons. The molecule has 8 heteroatoms. The number of carbonyl (C=O) groups excluding carboxylic acids is 2. The van der Waals surface area contributed by atoms with Crippen LogP contribution in [-0.4, -0.2) is 49.5 Å². The van der Waals surface area contributed by atoms with Crippen molar-refractivity contribution in [2.75, 3.05) is 26.7 Å². The normalized spacial score (nSPS) is 15.8. The summed E-state index contributed by atoms with van der Waals surface area (Å²) in [5.74, 6) is 0.0437. The molecule has 0 unspecified atom stereocenters. The zero-order valence-corrected chi connectivity index (χ0v) is 20.7. The molecule has 1 heterocycles. The van der Waals surface area contributed by atoms with Crippen molar-refractivity contribution in [3.63, 3.8) is 0 Å².